The molecule has 0 aromatic heterocycles. The van der Waals surface area contributed by atoms with E-state index in [1.165, 1.54) is 23.1 Å². The Kier molecular flexibility index (Phi) is 10.4. The number of amides is 2. The molecule has 3 aromatic rings. The maximum atomic E-state index is 14.0. The van der Waals surface area contributed by atoms with Gasteiger partial charge in [-0.25, -0.2) is 8.42 Å². The summed E-state index contributed by atoms with van der Waals surface area (Å²) in [6.07, 6.45) is 0.716. The summed E-state index contributed by atoms with van der Waals surface area (Å²) in [7, 11) is -4.17. The summed E-state index contributed by atoms with van der Waals surface area (Å²) in [5.41, 5.74) is 1.52. The van der Waals surface area contributed by atoms with Gasteiger partial charge in [-0.3, -0.25) is 13.9 Å². The SMILES string of the molecule is CC[C@@H](C)NC(=O)[C@H](C)N(Cc1ccccc1Cl)C(=O)CN(c1cc(Cl)ccc1C)S(=O)(=O)c1ccccc1. The largest absolute Gasteiger partial charge is 0.352 e. The number of benzene rings is 3. The van der Waals surface area contributed by atoms with E-state index in [4.69, 9.17) is 23.2 Å². The van der Waals surface area contributed by atoms with Gasteiger partial charge in [0.25, 0.3) is 10.0 Å². The fourth-order valence-electron chi connectivity index (χ4n) is 3.94. The molecule has 0 aliphatic carbocycles. The smallest absolute Gasteiger partial charge is 0.264 e. The van der Waals surface area contributed by atoms with Crippen molar-refractivity contribution in [1.82, 2.24) is 10.2 Å². The van der Waals surface area contributed by atoms with Crippen LogP contribution in [0.25, 0.3) is 0 Å². The van der Waals surface area contributed by atoms with Crippen molar-refractivity contribution in [2.24, 2.45) is 0 Å². The Bertz CT molecular complexity index is 1420. The molecule has 10 heteroatoms. The van der Waals surface area contributed by atoms with Gasteiger partial charge in [-0.2, -0.15) is 0 Å². The first-order valence-electron chi connectivity index (χ1n) is 12.6. The predicted molar refractivity (Wildman–Crippen MR) is 157 cm³/mol. The number of nitrogens with one attached hydrogen (secondary N) is 1. The summed E-state index contributed by atoms with van der Waals surface area (Å²) in [6, 6.07) is 18.8. The second-order valence-electron chi connectivity index (χ2n) is 9.36. The van der Waals surface area contributed by atoms with Crippen molar-refractivity contribution in [3.8, 4) is 0 Å². The lowest BCUT2D eigenvalue weighted by atomic mass is 10.1. The van der Waals surface area contributed by atoms with Crippen LogP contribution in [0.1, 0.15) is 38.3 Å². The number of nitrogens with zero attached hydrogens (tertiary/aromatic N) is 2. The molecule has 0 heterocycles. The topological polar surface area (TPSA) is 86.8 Å². The molecule has 0 fully saturated rings. The average Bonchev–Trinajstić information content (AvgIpc) is 2.92. The van der Waals surface area contributed by atoms with E-state index in [2.05, 4.69) is 5.32 Å². The van der Waals surface area contributed by atoms with E-state index in [-0.39, 0.29) is 29.1 Å². The number of sulfonamides is 1. The van der Waals surface area contributed by atoms with Gasteiger partial charge in [0.1, 0.15) is 12.6 Å². The second-order valence-corrected chi connectivity index (χ2v) is 12.1. The van der Waals surface area contributed by atoms with Gasteiger partial charge in [0, 0.05) is 22.6 Å². The average molecular weight is 591 g/mol. The standard InChI is InChI=1S/C29H33Cl2N3O4S/c1-5-21(3)32-29(36)22(4)33(18-23-11-9-10-14-26(23)31)28(35)19-34(27-17-24(30)16-15-20(27)2)39(37,38)25-12-7-6-8-13-25/h6-17,21-22H,5,18-19H2,1-4H3,(H,32,36)/t21-,22+/m1/s1. The molecule has 39 heavy (non-hydrogen) atoms. The third-order valence-electron chi connectivity index (χ3n) is 6.52. The van der Waals surface area contributed by atoms with E-state index in [1.807, 2.05) is 13.8 Å². The molecule has 2 amide bonds. The van der Waals surface area contributed by atoms with E-state index >= 15 is 0 Å². The van der Waals surface area contributed by atoms with Crippen molar-refractivity contribution in [1.29, 1.82) is 0 Å². The molecule has 0 unspecified atom stereocenters. The first-order chi connectivity index (χ1) is 18.4. The van der Waals surface area contributed by atoms with Crippen LogP contribution in [0.2, 0.25) is 10.0 Å². The zero-order valence-electron chi connectivity index (χ0n) is 22.4. The quantitative estimate of drug-likeness (QED) is 0.305. The normalized spacial score (nSPS) is 12.9. The summed E-state index contributed by atoms with van der Waals surface area (Å²) in [4.78, 5) is 28.5. The summed E-state index contributed by atoms with van der Waals surface area (Å²) in [5, 5.41) is 3.67. The van der Waals surface area contributed by atoms with Crippen molar-refractivity contribution >= 4 is 50.7 Å². The van der Waals surface area contributed by atoms with Crippen LogP contribution >= 0.6 is 23.2 Å². The molecule has 0 spiro atoms. The molecule has 0 aliphatic heterocycles. The van der Waals surface area contributed by atoms with Gasteiger partial charge in [-0.1, -0.05) is 72.6 Å². The molecule has 208 valence electrons. The van der Waals surface area contributed by atoms with E-state index in [9.17, 15) is 18.0 Å². The van der Waals surface area contributed by atoms with Crippen LogP contribution in [-0.2, 0) is 26.2 Å². The molecule has 3 aromatic carbocycles. The number of hydrogen-bond acceptors (Lipinski definition) is 4. The highest BCUT2D eigenvalue weighted by Gasteiger charge is 2.33. The molecule has 3 rings (SSSR count). The van der Waals surface area contributed by atoms with Crippen LogP contribution in [0, 0.1) is 6.92 Å². The minimum Gasteiger partial charge on any atom is -0.352 e. The van der Waals surface area contributed by atoms with Gasteiger partial charge in [0.05, 0.1) is 10.6 Å². The van der Waals surface area contributed by atoms with Gasteiger partial charge in [0.15, 0.2) is 0 Å². The first kappa shape index (κ1) is 30.5. The molecule has 2 atom stereocenters. The second kappa shape index (κ2) is 13.3. The third-order valence-corrected chi connectivity index (χ3v) is 8.89. The minimum atomic E-state index is -4.17. The van der Waals surface area contributed by atoms with E-state index in [0.29, 0.717) is 27.6 Å². The van der Waals surface area contributed by atoms with Crippen LogP contribution in [0.4, 0.5) is 5.69 Å². The van der Waals surface area contributed by atoms with Crippen LogP contribution in [0.15, 0.2) is 77.7 Å². The Morgan fingerprint density at radius 3 is 2.23 bits per heavy atom. The summed E-state index contributed by atoms with van der Waals surface area (Å²) in [6.45, 7) is 6.65. The maximum Gasteiger partial charge on any atom is 0.264 e. The molecule has 0 radical (unpaired) electrons. The molecule has 0 aliphatic rings. The maximum absolute atomic E-state index is 14.0. The predicted octanol–water partition coefficient (Wildman–Crippen LogP) is 5.83. The Morgan fingerprint density at radius 1 is 0.949 bits per heavy atom. The van der Waals surface area contributed by atoms with Gasteiger partial charge < -0.3 is 10.2 Å². The van der Waals surface area contributed by atoms with Gasteiger partial charge >= 0.3 is 0 Å². The number of halogens is 2. The van der Waals surface area contributed by atoms with Crippen molar-refractivity contribution < 1.29 is 18.0 Å². The number of carbonyl (C=O) groups excluding carboxylic acids is 2. The first-order valence-corrected chi connectivity index (χ1v) is 14.8. The third kappa shape index (κ3) is 7.53. The molecule has 0 bridgehead atoms. The Hall–Kier alpha value is -3.07. The highest BCUT2D eigenvalue weighted by molar-refractivity contribution is 7.92. The molecule has 0 saturated carbocycles. The lowest BCUT2D eigenvalue weighted by Crippen LogP contribution is -2.52. The lowest BCUT2D eigenvalue weighted by molar-refractivity contribution is -0.139. The fourth-order valence-corrected chi connectivity index (χ4v) is 5.80. The van der Waals surface area contributed by atoms with Crippen LogP contribution in [0.5, 0.6) is 0 Å². The Balaban J connectivity index is 2.07. The number of hydrogen-bond donors (Lipinski definition) is 1. The summed E-state index contributed by atoms with van der Waals surface area (Å²) >= 11 is 12.6. The van der Waals surface area contributed by atoms with Crippen molar-refractivity contribution in [2.45, 2.75) is 57.6 Å². The van der Waals surface area contributed by atoms with Crippen LogP contribution in [-0.4, -0.2) is 43.8 Å². The molecule has 7 nitrogen and oxygen atoms in total. The summed E-state index contributed by atoms with van der Waals surface area (Å²) < 4.78 is 28.8. The lowest BCUT2D eigenvalue weighted by Gasteiger charge is -2.33. The molecule has 0 saturated heterocycles. The fraction of sp³-hybridized carbons (Fsp3) is 0.310. The number of carbonyl (C=O) groups is 2. The molecular weight excluding hydrogens is 557 g/mol. The molecular formula is C29H33Cl2N3O4S. The monoisotopic (exact) mass is 589 g/mol. The van der Waals surface area contributed by atoms with Crippen molar-refractivity contribution in [3.05, 3.63) is 94.0 Å². The number of anilines is 1. The van der Waals surface area contributed by atoms with Crippen molar-refractivity contribution in [2.75, 3.05) is 10.8 Å². The zero-order chi connectivity index (χ0) is 28.7. The van der Waals surface area contributed by atoms with E-state index in [0.717, 1.165) is 4.31 Å². The summed E-state index contributed by atoms with van der Waals surface area (Å²) in [5.74, 6) is -0.915. The van der Waals surface area contributed by atoms with E-state index in [1.54, 1.807) is 68.4 Å². The highest BCUT2D eigenvalue weighted by atomic mass is 35.5. The Morgan fingerprint density at radius 2 is 1.59 bits per heavy atom. The van der Waals surface area contributed by atoms with Gasteiger partial charge in [-0.15, -0.1) is 0 Å². The minimum absolute atomic E-state index is 0.0152. The van der Waals surface area contributed by atoms with Crippen molar-refractivity contribution in [3.63, 3.8) is 0 Å². The van der Waals surface area contributed by atoms with Gasteiger partial charge in [-0.05, 0) is 68.7 Å². The zero-order valence-corrected chi connectivity index (χ0v) is 24.7. The number of rotatable bonds is 11. The van der Waals surface area contributed by atoms with E-state index < -0.39 is 28.5 Å². The van der Waals surface area contributed by atoms with Crippen LogP contribution in [0.3, 0.4) is 0 Å². The molecule has 1 N–H and O–H groups in total. The Labute approximate surface area is 240 Å². The van der Waals surface area contributed by atoms with Crippen LogP contribution < -0.4 is 9.62 Å². The number of aryl methyl sites for hydroxylation is 1. The highest BCUT2D eigenvalue weighted by Crippen LogP contribution is 2.30. The van der Waals surface area contributed by atoms with Gasteiger partial charge in [0.2, 0.25) is 11.8 Å².